The number of nitro benzene ring substituents is 1. The van der Waals surface area contributed by atoms with E-state index in [0.717, 1.165) is 5.56 Å². The Bertz CT molecular complexity index is 743. The van der Waals surface area contributed by atoms with Crippen molar-refractivity contribution in [3.05, 3.63) is 69.2 Å². The van der Waals surface area contributed by atoms with Gasteiger partial charge in [0.05, 0.1) is 10.7 Å². The molecule has 0 saturated heterocycles. The highest BCUT2D eigenvalue weighted by Crippen LogP contribution is 2.22. The van der Waals surface area contributed by atoms with Crippen molar-refractivity contribution in [3.63, 3.8) is 0 Å². The van der Waals surface area contributed by atoms with Crippen LogP contribution in [0, 0.1) is 10.1 Å². The van der Waals surface area contributed by atoms with Crippen molar-refractivity contribution in [2.45, 2.75) is 5.75 Å². The van der Waals surface area contributed by atoms with E-state index in [1.54, 1.807) is 18.2 Å². The average molecular weight is 380 g/mol. The molecule has 8 heteroatoms. The smallest absolute Gasteiger partial charge is 0.292 e. The van der Waals surface area contributed by atoms with Crippen molar-refractivity contribution in [3.8, 4) is 0 Å². The molecule has 0 bridgehead atoms. The van der Waals surface area contributed by atoms with E-state index >= 15 is 0 Å². The molecule has 2 N–H and O–H groups in total. The normalized spacial score (nSPS) is 10.3. The van der Waals surface area contributed by atoms with Gasteiger partial charge in [-0.25, -0.2) is 0 Å². The number of carbonyl (C=O) groups excluding carboxylic acids is 1. The minimum Gasteiger partial charge on any atom is -0.378 e. The van der Waals surface area contributed by atoms with E-state index in [1.807, 2.05) is 24.3 Å². The first-order valence-corrected chi connectivity index (χ1v) is 9.16. The molecule has 0 fully saturated rings. The summed E-state index contributed by atoms with van der Waals surface area (Å²) in [4.78, 5) is 22.3. The lowest BCUT2D eigenvalue weighted by atomic mass is 10.2. The van der Waals surface area contributed by atoms with Gasteiger partial charge in [0.1, 0.15) is 5.69 Å². The van der Waals surface area contributed by atoms with Crippen molar-refractivity contribution in [1.82, 2.24) is 5.32 Å². The number of hydrogen-bond donors (Lipinski definition) is 2. The molecule has 132 valence electrons. The van der Waals surface area contributed by atoms with Crippen LogP contribution in [-0.4, -0.2) is 29.7 Å². The maximum Gasteiger partial charge on any atom is 0.292 e. The van der Waals surface area contributed by atoms with Gasteiger partial charge in [-0.05, 0) is 17.7 Å². The number of anilines is 1. The van der Waals surface area contributed by atoms with Gasteiger partial charge >= 0.3 is 0 Å². The van der Waals surface area contributed by atoms with Crippen LogP contribution in [0.5, 0.6) is 0 Å². The first-order chi connectivity index (χ1) is 12.1. The Labute approximate surface area is 155 Å². The summed E-state index contributed by atoms with van der Waals surface area (Å²) in [5.41, 5.74) is 1.46. The highest BCUT2D eigenvalue weighted by molar-refractivity contribution is 7.99. The van der Waals surface area contributed by atoms with E-state index in [2.05, 4.69) is 10.6 Å². The van der Waals surface area contributed by atoms with Gasteiger partial charge in [-0.3, -0.25) is 14.9 Å². The van der Waals surface area contributed by atoms with Crippen LogP contribution < -0.4 is 10.6 Å². The number of carbonyl (C=O) groups is 1. The molecule has 0 atom stereocenters. The lowest BCUT2D eigenvalue weighted by Gasteiger charge is -2.08. The Kier molecular flexibility index (Phi) is 7.56. The van der Waals surface area contributed by atoms with Gasteiger partial charge in [0, 0.05) is 29.9 Å². The summed E-state index contributed by atoms with van der Waals surface area (Å²) in [6, 6.07) is 14.0. The minimum absolute atomic E-state index is 0.0177. The molecule has 1 amide bonds. The van der Waals surface area contributed by atoms with Gasteiger partial charge in [0.15, 0.2) is 0 Å². The largest absolute Gasteiger partial charge is 0.378 e. The zero-order chi connectivity index (χ0) is 18.1. The summed E-state index contributed by atoms with van der Waals surface area (Å²) in [6.07, 6.45) is 0. The molecule has 0 aliphatic rings. The average Bonchev–Trinajstić information content (AvgIpc) is 2.60. The number of rotatable bonds is 9. The molecular weight excluding hydrogens is 362 g/mol. The summed E-state index contributed by atoms with van der Waals surface area (Å²) >= 11 is 7.55. The highest BCUT2D eigenvalue weighted by Gasteiger charge is 2.11. The zero-order valence-electron chi connectivity index (χ0n) is 13.4. The molecule has 0 saturated carbocycles. The summed E-state index contributed by atoms with van der Waals surface area (Å²) < 4.78 is 0. The highest BCUT2D eigenvalue weighted by atomic mass is 35.5. The topological polar surface area (TPSA) is 84.3 Å². The van der Waals surface area contributed by atoms with E-state index < -0.39 is 4.92 Å². The Balaban J connectivity index is 1.66. The third kappa shape index (κ3) is 6.28. The number of hydrogen-bond acceptors (Lipinski definition) is 5. The molecule has 2 rings (SSSR count). The van der Waals surface area contributed by atoms with Crippen molar-refractivity contribution in [2.75, 3.05) is 24.2 Å². The summed E-state index contributed by atoms with van der Waals surface area (Å²) in [5, 5.41) is 17.3. The molecule has 0 aliphatic carbocycles. The fourth-order valence-electron chi connectivity index (χ4n) is 2.10. The van der Waals surface area contributed by atoms with Crippen LogP contribution in [0.4, 0.5) is 11.4 Å². The maximum absolute atomic E-state index is 11.8. The molecule has 0 aliphatic heterocycles. The number of nitrogens with zero attached hydrogens (tertiary/aromatic N) is 1. The Morgan fingerprint density at radius 2 is 1.84 bits per heavy atom. The van der Waals surface area contributed by atoms with Gasteiger partial charge < -0.3 is 10.6 Å². The van der Waals surface area contributed by atoms with E-state index in [4.69, 9.17) is 11.6 Å². The molecule has 6 nitrogen and oxygen atoms in total. The fraction of sp³-hybridized carbons (Fsp3) is 0.235. The number of nitro groups is 1. The second-order valence-electron chi connectivity index (χ2n) is 5.14. The predicted octanol–water partition coefficient (Wildman–Crippen LogP) is 3.71. The minimum atomic E-state index is -0.438. The molecule has 2 aromatic carbocycles. The molecule has 0 radical (unpaired) electrons. The van der Waals surface area contributed by atoms with Crippen LogP contribution in [0.25, 0.3) is 0 Å². The van der Waals surface area contributed by atoms with Crippen molar-refractivity contribution in [2.24, 2.45) is 0 Å². The SMILES string of the molecule is O=C(CSCc1ccccc1Cl)NCCNc1ccccc1[N+](=O)[O-]. The van der Waals surface area contributed by atoms with Crippen LogP contribution in [0.1, 0.15) is 5.56 Å². The predicted molar refractivity (Wildman–Crippen MR) is 102 cm³/mol. The Hall–Kier alpha value is -2.25. The molecular formula is C17H18ClN3O3S. The Morgan fingerprint density at radius 3 is 2.60 bits per heavy atom. The molecule has 0 unspecified atom stereocenters. The number of halogens is 1. The second-order valence-corrected chi connectivity index (χ2v) is 6.53. The van der Waals surface area contributed by atoms with E-state index in [-0.39, 0.29) is 11.6 Å². The first kappa shape index (κ1) is 19.1. The van der Waals surface area contributed by atoms with Gasteiger partial charge in [0.2, 0.25) is 5.91 Å². The number of amides is 1. The van der Waals surface area contributed by atoms with E-state index in [9.17, 15) is 14.9 Å². The number of para-hydroxylation sites is 2. The fourth-order valence-corrected chi connectivity index (χ4v) is 3.24. The monoisotopic (exact) mass is 379 g/mol. The quantitative estimate of drug-likeness (QED) is 0.394. The summed E-state index contributed by atoms with van der Waals surface area (Å²) in [5.74, 6) is 0.916. The number of nitrogens with one attached hydrogen (secondary N) is 2. The third-order valence-corrected chi connectivity index (χ3v) is 4.66. The van der Waals surface area contributed by atoms with Crippen LogP contribution >= 0.6 is 23.4 Å². The molecule has 25 heavy (non-hydrogen) atoms. The Morgan fingerprint density at radius 1 is 1.12 bits per heavy atom. The number of thioether (sulfide) groups is 1. The first-order valence-electron chi connectivity index (χ1n) is 7.63. The third-order valence-electron chi connectivity index (χ3n) is 3.31. The zero-order valence-corrected chi connectivity index (χ0v) is 15.0. The van der Waals surface area contributed by atoms with Gasteiger partial charge in [-0.15, -0.1) is 11.8 Å². The van der Waals surface area contributed by atoms with Crippen molar-refractivity contribution in [1.29, 1.82) is 0 Å². The van der Waals surface area contributed by atoms with E-state index in [1.165, 1.54) is 17.8 Å². The molecule has 0 aromatic heterocycles. The van der Waals surface area contributed by atoms with Crippen LogP contribution in [0.2, 0.25) is 5.02 Å². The van der Waals surface area contributed by atoms with Crippen molar-refractivity contribution < 1.29 is 9.72 Å². The lowest BCUT2D eigenvalue weighted by Crippen LogP contribution is -2.30. The number of benzene rings is 2. The second kappa shape index (κ2) is 9.90. The molecule has 0 spiro atoms. The summed E-state index contributed by atoms with van der Waals surface area (Å²) in [6.45, 7) is 0.795. The summed E-state index contributed by atoms with van der Waals surface area (Å²) in [7, 11) is 0. The molecule has 2 aromatic rings. The van der Waals surface area contributed by atoms with Gasteiger partial charge in [-0.1, -0.05) is 41.9 Å². The van der Waals surface area contributed by atoms with Crippen molar-refractivity contribution >= 4 is 40.6 Å². The van der Waals surface area contributed by atoms with E-state index in [0.29, 0.717) is 35.3 Å². The van der Waals surface area contributed by atoms with Crippen LogP contribution in [0.3, 0.4) is 0 Å². The molecule has 0 heterocycles. The maximum atomic E-state index is 11.8. The van der Waals surface area contributed by atoms with Crippen LogP contribution in [-0.2, 0) is 10.5 Å². The lowest BCUT2D eigenvalue weighted by molar-refractivity contribution is -0.384. The standard InChI is InChI=1S/C17H18ClN3O3S/c18-14-6-2-1-5-13(14)11-25-12-17(22)20-10-9-19-15-7-3-4-8-16(15)21(23)24/h1-8,19H,9-12H2,(H,20,22). The van der Waals surface area contributed by atoms with Gasteiger partial charge in [-0.2, -0.15) is 0 Å². The van der Waals surface area contributed by atoms with Crippen LogP contribution in [0.15, 0.2) is 48.5 Å². The van der Waals surface area contributed by atoms with Gasteiger partial charge in [0.25, 0.3) is 5.69 Å².